The number of benzene rings is 1. The molecule has 158 valence electrons. The molecule has 2 saturated heterocycles. The lowest BCUT2D eigenvalue weighted by molar-refractivity contribution is -0.124. The summed E-state index contributed by atoms with van der Waals surface area (Å²) in [5, 5.41) is 9.94. The van der Waals surface area contributed by atoms with Gasteiger partial charge in [0.1, 0.15) is 5.54 Å². The van der Waals surface area contributed by atoms with Gasteiger partial charge in [-0.15, -0.1) is 0 Å². The third kappa shape index (κ3) is 3.42. The molecule has 5 rings (SSSR count). The maximum Gasteiger partial charge on any atom is 0.322 e. The van der Waals surface area contributed by atoms with Crippen LogP contribution in [0.3, 0.4) is 0 Å². The molecule has 2 N–H and O–H groups in total. The number of carbonyl (C=O) groups is 2. The zero-order valence-electron chi connectivity index (χ0n) is 16.9. The average Bonchev–Trinajstić information content (AvgIpc) is 3.31. The smallest absolute Gasteiger partial charge is 0.322 e. The Kier molecular flexibility index (Phi) is 4.66. The Morgan fingerprint density at radius 2 is 1.71 bits per heavy atom. The standard InChI is InChI=1S/C22H21ClN6O2/c1-28-13-16(10-25-28)14-2-4-15(5-3-14)17-11-24-12-18(23)19(17)29-8-6-22(7-9-29)20(30)26-21(31)27-22/h2-5,10-13H,6-9H2,1H3,(H2,26,27,30,31). The molecule has 2 aliphatic rings. The van der Waals surface area contributed by atoms with Crippen molar-refractivity contribution in [3.05, 3.63) is 54.1 Å². The van der Waals surface area contributed by atoms with Crippen LogP contribution in [0.1, 0.15) is 12.8 Å². The lowest BCUT2D eigenvalue weighted by Crippen LogP contribution is -2.55. The summed E-state index contributed by atoms with van der Waals surface area (Å²) in [5.41, 5.74) is 4.14. The van der Waals surface area contributed by atoms with Gasteiger partial charge in [-0.25, -0.2) is 4.79 Å². The molecule has 0 bridgehead atoms. The van der Waals surface area contributed by atoms with Crippen LogP contribution < -0.4 is 15.5 Å². The van der Waals surface area contributed by atoms with Crippen molar-refractivity contribution in [1.82, 2.24) is 25.4 Å². The molecule has 0 aliphatic carbocycles. The zero-order valence-corrected chi connectivity index (χ0v) is 17.7. The van der Waals surface area contributed by atoms with E-state index in [1.165, 1.54) is 0 Å². The topological polar surface area (TPSA) is 92.2 Å². The number of piperidine rings is 1. The maximum atomic E-state index is 12.3. The van der Waals surface area contributed by atoms with Gasteiger partial charge in [-0.1, -0.05) is 35.9 Å². The van der Waals surface area contributed by atoms with Crippen molar-refractivity contribution in [3.8, 4) is 22.3 Å². The van der Waals surface area contributed by atoms with Crippen molar-refractivity contribution in [2.24, 2.45) is 7.05 Å². The minimum atomic E-state index is -0.821. The molecule has 2 aliphatic heterocycles. The van der Waals surface area contributed by atoms with Gasteiger partial charge in [0.25, 0.3) is 5.91 Å². The first-order chi connectivity index (χ1) is 14.9. The quantitative estimate of drug-likeness (QED) is 0.616. The summed E-state index contributed by atoms with van der Waals surface area (Å²) in [6, 6.07) is 7.79. The number of amides is 3. The Hall–Kier alpha value is -3.39. The highest BCUT2D eigenvalue weighted by molar-refractivity contribution is 6.33. The normalized spacial score (nSPS) is 17.7. The van der Waals surface area contributed by atoms with Crippen LogP contribution in [0, 0.1) is 0 Å². The van der Waals surface area contributed by atoms with Crippen molar-refractivity contribution in [2.45, 2.75) is 18.4 Å². The Morgan fingerprint density at radius 1 is 1.00 bits per heavy atom. The monoisotopic (exact) mass is 436 g/mol. The van der Waals surface area contributed by atoms with E-state index in [1.54, 1.807) is 10.9 Å². The number of aryl methyl sites for hydroxylation is 1. The summed E-state index contributed by atoms with van der Waals surface area (Å²) in [7, 11) is 1.89. The Morgan fingerprint density at radius 3 is 2.32 bits per heavy atom. The molecule has 0 saturated carbocycles. The molecule has 9 heteroatoms. The molecule has 2 aromatic heterocycles. The van der Waals surface area contributed by atoms with E-state index in [4.69, 9.17) is 11.6 Å². The Labute approximate surface area is 184 Å². The van der Waals surface area contributed by atoms with Gasteiger partial charge in [0.15, 0.2) is 0 Å². The number of nitrogens with zero attached hydrogens (tertiary/aromatic N) is 4. The summed E-state index contributed by atoms with van der Waals surface area (Å²) in [4.78, 5) is 30.3. The molecule has 1 aromatic carbocycles. The molecule has 3 aromatic rings. The molecule has 0 radical (unpaired) electrons. The molecule has 8 nitrogen and oxygen atoms in total. The van der Waals surface area contributed by atoms with Gasteiger partial charge in [-0.3, -0.25) is 19.8 Å². The number of aromatic nitrogens is 3. The van der Waals surface area contributed by atoms with E-state index in [2.05, 4.69) is 49.9 Å². The first kappa shape index (κ1) is 19.6. The lowest BCUT2D eigenvalue weighted by atomic mass is 9.87. The first-order valence-electron chi connectivity index (χ1n) is 10.1. The second-order valence-corrected chi connectivity index (χ2v) is 8.38. The molecule has 2 fully saturated rings. The van der Waals surface area contributed by atoms with E-state index < -0.39 is 11.6 Å². The number of halogens is 1. The number of rotatable bonds is 3. The molecule has 31 heavy (non-hydrogen) atoms. The van der Waals surface area contributed by atoms with Crippen molar-refractivity contribution < 1.29 is 9.59 Å². The number of nitrogens with one attached hydrogen (secondary N) is 2. The zero-order chi connectivity index (χ0) is 21.6. The van der Waals surface area contributed by atoms with E-state index in [0.29, 0.717) is 31.0 Å². The summed E-state index contributed by atoms with van der Waals surface area (Å²) in [6.45, 7) is 1.19. The summed E-state index contributed by atoms with van der Waals surface area (Å²) >= 11 is 6.58. The molecule has 0 unspecified atom stereocenters. The fraction of sp³-hybridized carbons (Fsp3) is 0.273. The number of pyridine rings is 1. The number of hydrogen-bond donors (Lipinski definition) is 2. The predicted molar refractivity (Wildman–Crippen MR) is 118 cm³/mol. The number of carbonyl (C=O) groups excluding carboxylic acids is 2. The largest absolute Gasteiger partial charge is 0.370 e. The molecular weight excluding hydrogens is 416 g/mol. The van der Waals surface area contributed by atoms with Crippen LogP contribution in [-0.4, -0.2) is 45.3 Å². The fourth-order valence-electron chi connectivity index (χ4n) is 4.37. The van der Waals surface area contributed by atoms with Crippen LogP contribution >= 0.6 is 11.6 Å². The van der Waals surface area contributed by atoms with Gasteiger partial charge < -0.3 is 10.2 Å². The van der Waals surface area contributed by atoms with E-state index >= 15 is 0 Å². The van der Waals surface area contributed by atoms with E-state index in [-0.39, 0.29) is 5.91 Å². The maximum absolute atomic E-state index is 12.3. The van der Waals surface area contributed by atoms with Crippen LogP contribution in [-0.2, 0) is 11.8 Å². The van der Waals surface area contributed by atoms with Crippen molar-refractivity contribution >= 4 is 29.2 Å². The van der Waals surface area contributed by atoms with E-state index in [9.17, 15) is 9.59 Å². The Balaban J connectivity index is 1.43. The van der Waals surface area contributed by atoms with Gasteiger partial charge in [0.2, 0.25) is 0 Å². The van der Waals surface area contributed by atoms with E-state index in [0.717, 1.165) is 27.9 Å². The molecular formula is C22H21ClN6O2. The predicted octanol–water partition coefficient (Wildman–Crippen LogP) is 2.98. The van der Waals surface area contributed by atoms with Crippen molar-refractivity contribution in [2.75, 3.05) is 18.0 Å². The number of hydrogen-bond acceptors (Lipinski definition) is 5. The van der Waals surface area contributed by atoms with Gasteiger partial charge >= 0.3 is 6.03 Å². The van der Waals surface area contributed by atoms with Crippen LogP contribution in [0.2, 0.25) is 5.02 Å². The third-order valence-corrected chi connectivity index (χ3v) is 6.33. The minimum Gasteiger partial charge on any atom is -0.370 e. The van der Waals surface area contributed by atoms with Crippen LogP contribution in [0.4, 0.5) is 10.5 Å². The number of imide groups is 1. The van der Waals surface area contributed by atoms with Crippen LogP contribution in [0.5, 0.6) is 0 Å². The highest BCUT2D eigenvalue weighted by Gasteiger charge is 2.48. The second-order valence-electron chi connectivity index (χ2n) is 7.97. The second kappa shape index (κ2) is 7.39. The summed E-state index contributed by atoms with van der Waals surface area (Å²) in [5.74, 6) is -0.246. The molecule has 4 heterocycles. The van der Waals surface area contributed by atoms with Crippen molar-refractivity contribution in [1.29, 1.82) is 0 Å². The average molecular weight is 437 g/mol. The third-order valence-electron chi connectivity index (χ3n) is 6.05. The highest BCUT2D eigenvalue weighted by Crippen LogP contribution is 2.39. The molecule has 1 spiro atoms. The van der Waals surface area contributed by atoms with Gasteiger partial charge in [0.05, 0.1) is 16.9 Å². The van der Waals surface area contributed by atoms with E-state index in [1.807, 2.05) is 25.6 Å². The molecule has 0 atom stereocenters. The SMILES string of the molecule is Cn1cc(-c2ccc(-c3cncc(Cl)c3N3CCC4(CC3)NC(=O)NC4=O)cc2)cn1. The van der Waals surface area contributed by atoms with Gasteiger partial charge in [-0.05, 0) is 24.0 Å². The number of anilines is 1. The first-order valence-corrected chi connectivity index (χ1v) is 10.4. The Bertz CT molecular complexity index is 1160. The summed E-state index contributed by atoms with van der Waals surface area (Å²) in [6.07, 6.45) is 8.30. The lowest BCUT2D eigenvalue weighted by Gasteiger charge is -2.39. The van der Waals surface area contributed by atoms with Crippen LogP contribution in [0.25, 0.3) is 22.3 Å². The molecule has 3 amide bonds. The number of urea groups is 1. The van der Waals surface area contributed by atoms with Gasteiger partial charge in [-0.2, -0.15) is 5.10 Å². The highest BCUT2D eigenvalue weighted by atomic mass is 35.5. The minimum absolute atomic E-state index is 0.246. The van der Waals surface area contributed by atoms with Crippen molar-refractivity contribution in [3.63, 3.8) is 0 Å². The summed E-state index contributed by atoms with van der Waals surface area (Å²) < 4.78 is 1.78. The fourth-order valence-corrected chi connectivity index (χ4v) is 4.64. The van der Waals surface area contributed by atoms with Gasteiger partial charge in [0, 0.05) is 49.9 Å². The van der Waals surface area contributed by atoms with Crippen LogP contribution in [0.15, 0.2) is 49.1 Å².